The van der Waals surface area contributed by atoms with E-state index in [0.29, 0.717) is 6.04 Å². The second kappa shape index (κ2) is 7.38. The van der Waals surface area contributed by atoms with Crippen LogP contribution >= 0.6 is 23.8 Å². The number of rotatable bonds is 1. The number of hydrogen-bond donors (Lipinski definition) is 1. The zero-order chi connectivity index (χ0) is 18.4. The first-order valence-electron chi connectivity index (χ1n) is 10.5. The van der Waals surface area contributed by atoms with E-state index in [4.69, 9.17) is 23.8 Å². The Balaban J connectivity index is 1.38. The van der Waals surface area contributed by atoms with E-state index in [9.17, 15) is 0 Å². The van der Waals surface area contributed by atoms with Crippen molar-refractivity contribution >= 4 is 34.6 Å². The van der Waals surface area contributed by atoms with Crippen LogP contribution in [0.5, 0.6) is 0 Å². The summed E-state index contributed by atoms with van der Waals surface area (Å²) < 4.78 is 0. The summed E-state index contributed by atoms with van der Waals surface area (Å²) in [6.07, 6.45) is 10.6. The second-order valence-electron chi connectivity index (χ2n) is 8.64. The standard InChI is InChI=1S/C22H28ClN3S/c23-18-6-8-19(9-7-18)24-22(27)26-11-3-4-15-12-16-13-17(21(15)26)14-25-10-2-1-5-20(16)25/h6-9,12,16-17,20-21H,1-5,10-11,13-14H2,(H,24,27)/t16-,17+,20+,21+/m0/s1. The van der Waals surface area contributed by atoms with E-state index in [0.717, 1.165) is 40.2 Å². The lowest BCUT2D eigenvalue weighted by molar-refractivity contribution is 0.0132. The van der Waals surface area contributed by atoms with Gasteiger partial charge in [-0.25, -0.2) is 0 Å². The molecular weight excluding hydrogens is 374 g/mol. The molecule has 4 aliphatic rings. The summed E-state index contributed by atoms with van der Waals surface area (Å²) in [6.45, 7) is 3.61. The molecule has 1 aliphatic carbocycles. The minimum absolute atomic E-state index is 0.491. The Labute approximate surface area is 172 Å². The molecule has 3 heterocycles. The number of fused-ring (bicyclic) bond motifs is 6. The Morgan fingerprint density at radius 3 is 2.81 bits per heavy atom. The van der Waals surface area contributed by atoms with Gasteiger partial charge < -0.3 is 10.2 Å². The third-order valence-corrected chi connectivity index (χ3v) is 7.60. The molecule has 144 valence electrons. The number of halogens is 1. The van der Waals surface area contributed by atoms with Crippen molar-refractivity contribution in [2.45, 2.75) is 50.6 Å². The van der Waals surface area contributed by atoms with Crippen molar-refractivity contribution in [1.82, 2.24) is 9.80 Å². The Morgan fingerprint density at radius 1 is 1.11 bits per heavy atom. The van der Waals surface area contributed by atoms with Crippen LogP contribution in [0.1, 0.15) is 38.5 Å². The fourth-order valence-electron chi connectivity index (χ4n) is 5.93. The van der Waals surface area contributed by atoms with Crippen molar-refractivity contribution in [3.8, 4) is 0 Å². The first-order valence-corrected chi connectivity index (χ1v) is 11.3. The van der Waals surface area contributed by atoms with Crippen LogP contribution in [0.4, 0.5) is 5.69 Å². The molecule has 0 aromatic heterocycles. The number of nitrogens with one attached hydrogen (secondary N) is 1. The Hall–Kier alpha value is -1.10. The maximum absolute atomic E-state index is 6.02. The fourth-order valence-corrected chi connectivity index (χ4v) is 6.38. The summed E-state index contributed by atoms with van der Waals surface area (Å²) in [5.41, 5.74) is 2.68. The third kappa shape index (κ3) is 3.41. The van der Waals surface area contributed by atoms with E-state index in [1.165, 1.54) is 51.6 Å². The highest BCUT2D eigenvalue weighted by Crippen LogP contribution is 2.45. The number of piperidine rings is 3. The van der Waals surface area contributed by atoms with Gasteiger partial charge in [0, 0.05) is 29.8 Å². The van der Waals surface area contributed by atoms with Crippen LogP contribution in [0.3, 0.4) is 0 Å². The number of likely N-dealkylation sites (tertiary alicyclic amines) is 1. The maximum atomic E-state index is 6.02. The predicted octanol–water partition coefficient (Wildman–Crippen LogP) is 4.93. The Bertz CT molecular complexity index is 746. The average molecular weight is 402 g/mol. The Kier molecular flexibility index (Phi) is 4.91. The van der Waals surface area contributed by atoms with E-state index in [2.05, 4.69) is 21.2 Å². The normalized spacial score (nSPS) is 32.9. The van der Waals surface area contributed by atoms with Crippen LogP contribution in [0.2, 0.25) is 5.02 Å². The van der Waals surface area contributed by atoms with Crippen molar-refractivity contribution < 1.29 is 0 Å². The van der Waals surface area contributed by atoms with Gasteiger partial charge in [-0.15, -0.1) is 0 Å². The van der Waals surface area contributed by atoms with Crippen LogP contribution in [-0.4, -0.2) is 46.6 Å². The molecule has 0 amide bonds. The van der Waals surface area contributed by atoms with Gasteiger partial charge in [0.1, 0.15) is 0 Å². The zero-order valence-corrected chi connectivity index (χ0v) is 17.3. The van der Waals surface area contributed by atoms with E-state index >= 15 is 0 Å². The van der Waals surface area contributed by atoms with Gasteiger partial charge >= 0.3 is 0 Å². The van der Waals surface area contributed by atoms with Gasteiger partial charge in [0.15, 0.2) is 5.11 Å². The molecule has 4 atom stereocenters. The molecule has 5 heteroatoms. The third-order valence-electron chi connectivity index (χ3n) is 7.01. The van der Waals surface area contributed by atoms with Crippen LogP contribution in [-0.2, 0) is 0 Å². The maximum Gasteiger partial charge on any atom is 0.173 e. The van der Waals surface area contributed by atoms with Gasteiger partial charge in [-0.3, -0.25) is 4.90 Å². The van der Waals surface area contributed by atoms with Gasteiger partial charge in [-0.1, -0.05) is 29.7 Å². The van der Waals surface area contributed by atoms with Crippen molar-refractivity contribution in [1.29, 1.82) is 0 Å². The molecule has 5 rings (SSSR count). The van der Waals surface area contributed by atoms with E-state index in [-0.39, 0.29) is 0 Å². The highest BCUT2D eigenvalue weighted by Gasteiger charge is 2.46. The first kappa shape index (κ1) is 18.0. The van der Waals surface area contributed by atoms with Gasteiger partial charge in [-0.2, -0.15) is 0 Å². The van der Waals surface area contributed by atoms with E-state index in [1.54, 1.807) is 5.57 Å². The summed E-state index contributed by atoms with van der Waals surface area (Å²) in [7, 11) is 0. The molecule has 3 saturated heterocycles. The highest BCUT2D eigenvalue weighted by atomic mass is 35.5. The number of benzene rings is 1. The summed E-state index contributed by atoms with van der Waals surface area (Å²) in [4.78, 5) is 5.27. The van der Waals surface area contributed by atoms with Gasteiger partial charge in [-0.05, 0) is 87.0 Å². The van der Waals surface area contributed by atoms with Crippen molar-refractivity contribution in [2.24, 2.45) is 11.8 Å². The number of thiocarbonyl (C=S) groups is 1. The molecule has 0 saturated carbocycles. The molecule has 3 nitrogen and oxygen atoms in total. The van der Waals surface area contributed by atoms with Gasteiger partial charge in [0.05, 0.1) is 6.04 Å². The van der Waals surface area contributed by atoms with Crippen molar-refractivity contribution in [2.75, 3.05) is 25.0 Å². The minimum Gasteiger partial charge on any atom is -0.342 e. The molecule has 1 N–H and O–H groups in total. The SMILES string of the molecule is S=C(Nc1ccc(Cl)cc1)N1CCCC2=C[C@H]3C[C@H](CN4CCCC[C@H]34)[C@@H]21. The van der Waals surface area contributed by atoms with Crippen LogP contribution in [0, 0.1) is 11.8 Å². The number of nitrogens with zero attached hydrogens (tertiary/aromatic N) is 2. The van der Waals surface area contributed by atoms with Crippen LogP contribution in [0.25, 0.3) is 0 Å². The summed E-state index contributed by atoms with van der Waals surface area (Å²) in [5.74, 6) is 1.49. The molecule has 27 heavy (non-hydrogen) atoms. The summed E-state index contributed by atoms with van der Waals surface area (Å²) in [5, 5.41) is 5.08. The summed E-state index contributed by atoms with van der Waals surface area (Å²) in [6, 6.07) is 9.13. The topological polar surface area (TPSA) is 18.5 Å². The number of anilines is 1. The lowest BCUT2D eigenvalue weighted by Crippen LogP contribution is -2.60. The quantitative estimate of drug-likeness (QED) is 0.530. The molecule has 3 aliphatic heterocycles. The first-order chi connectivity index (χ1) is 13.2. The molecule has 0 radical (unpaired) electrons. The molecule has 0 unspecified atom stereocenters. The summed E-state index contributed by atoms with van der Waals surface area (Å²) >= 11 is 11.9. The van der Waals surface area contributed by atoms with Gasteiger partial charge in [0.25, 0.3) is 0 Å². The lowest BCUT2D eigenvalue weighted by atomic mass is 9.68. The monoisotopic (exact) mass is 401 g/mol. The molecule has 1 aromatic carbocycles. The molecule has 1 aromatic rings. The Morgan fingerprint density at radius 2 is 1.96 bits per heavy atom. The predicted molar refractivity (Wildman–Crippen MR) is 116 cm³/mol. The molecule has 2 bridgehead atoms. The molecule has 3 fully saturated rings. The fraction of sp³-hybridized carbons (Fsp3) is 0.591. The van der Waals surface area contributed by atoms with E-state index < -0.39 is 0 Å². The van der Waals surface area contributed by atoms with Crippen LogP contribution < -0.4 is 5.32 Å². The molecule has 0 spiro atoms. The van der Waals surface area contributed by atoms with Gasteiger partial charge in [0.2, 0.25) is 0 Å². The second-order valence-corrected chi connectivity index (χ2v) is 9.46. The van der Waals surface area contributed by atoms with Crippen LogP contribution in [0.15, 0.2) is 35.9 Å². The van der Waals surface area contributed by atoms with Crippen molar-refractivity contribution in [3.05, 3.63) is 40.9 Å². The average Bonchev–Trinajstić information content (AvgIpc) is 2.69. The molecular formula is C22H28ClN3S. The highest BCUT2D eigenvalue weighted by molar-refractivity contribution is 7.80. The zero-order valence-electron chi connectivity index (χ0n) is 15.7. The van der Waals surface area contributed by atoms with Crippen molar-refractivity contribution in [3.63, 3.8) is 0 Å². The largest absolute Gasteiger partial charge is 0.342 e. The smallest absolute Gasteiger partial charge is 0.173 e. The van der Waals surface area contributed by atoms with E-state index in [1.807, 2.05) is 24.3 Å². The minimum atomic E-state index is 0.491. The number of hydrogen-bond acceptors (Lipinski definition) is 2. The lowest BCUT2D eigenvalue weighted by Gasteiger charge is -2.55.